The molecule has 1 saturated carbocycles. The molecular formula is C18H28N4OS. The van der Waals surface area contributed by atoms with Crippen LogP contribution in [0.15, 0.2) is 12.3 Å². The fourth-order valence-corrected chi connectivity index (χ4v) is 5.96. The minimum atomic E-state index is 0.128. The van der Waals surface area contributed by atoms with E-state index in [0.717, 1.165) is 38.4 Å². The van der Waals surface area contributed by atoms with E-state index in [1.165, 1.54) is 38.5 Å². The van der Waals surface area contributed by atoms with E-state index in [9.17, 15) is 4.79 Å². The summed E-state index contributed by atoms with van der Waals surface area (Å²) in [4.78, 5) is 15.0. The number of hydrogen-bond acceptors (Lipinski definition) is 4. The van der Waals surface area contributed by atoms with E-state index >= 15 is 0 Å². The lowest BCUT2D eigenvalue weighted by atomic mass is 9.87. The number of nitrogens with zero attached hydrogens (tertiary/aromatic N) is 3. The molecule has 5 nitrogen and oxygen atoms in total. The molecule has 1 N–H and O–H groups in total. The zero-order chi connectivity index (χ0) is 16.4. The largest absolute Gasteiger partial charge is 0.335 e. The zero-order valence-electron chi connectivity index (χ0n) is 14.4. The molecule has 3 fully saturated rings. The Morgan fingerprint density at radius 2 is 2.17 bits per heavy atom. The van der Waals surface area contributed by atoms with E-state index in [2.05, 4.69) is 27.1 Å². The van der Waals surface area contributed by atoms with Gasteiger partial charge in [-0.25, -0.2) is 0 Å². The van der Waals surface area contributed by atoms with E-state index in [4.69, 9.17) is 0 Å². The van der Waals surface area contributed by atoms with E-state index in [0.29, 0.717) is 16.5 Å². The molecule has 3 heterocycles. The van der Waals surface area contributed by atoms with Gasteiger partial charge in [-0.15, -0.1) is 0 Å². The summed E-state index contributed by atoms with van der Waals surface area (Å²) in [5, 5.41) is 8.04. The number of nitrogens with one attached hydrogen (secondary N) is 1. The van der Waals surface area contributed by atoms with Gasteiger partial charge in [-0.2, -0.15) is 16.9 Å². The van der Waals surface area contributed by atoms with Crippen LogP contribution in [0.4, 0.5) is 0 Å². The molecular weight excluding hydrogens is 320 g/mol. The molecule has 1 spiro atoms. The van der Waals surface area contributed by atoms with Crippen LogP contribution in [0.2, 0.25) is 0 Å². The van der Waals surface area contributed by atoms with Gasteiger partial charge in [0, 0.05) is 36.3 Å². The summed E-state index contributed by atoms with van der Waals surface area (Å²) in [5.41, 5.74) is 0.624. The highest BCUT2D eigenvalue weighted by Crippen LogP contribution is 2.42. The van der Waals surface area contributed by atoms with Crippen molar-refractivity contribution < 1.29 is 4.79 Å². The number of hydrogen-bond donors (Lipinski definition) is 1. The van der Waals surface area contributed by atoms with E-state index < -0.39 is 0 Å². The van der Waals surface area contributed by atoms with Gasteiger partial charge in [0.25, 0.3) is 5.91 Å². The van der Waals surface area contributed by atoms with Crippen molar-refractivity contribution in [2.24, 2.45) is 0 Å². The predicted octanol–water partition coefficient (Wildman–Crippen LogP) is 2.70. The molecule has 0 aromatic carbocycles. The molecule has 3 aliphatic rings. The molecule has 0 radical (unpaired) electrons. The van der Waals surface area contributed by atoms with Gasteiger partial charge in [0.2, 0.25) is 0 Å². The van der Waals surface area contributed by atoms with Crippen LogP contribution in [0.25, 0.3) is 0 Å². The average Bonchev–Trinajstić information content (AvgIpc) is 3.13. The van der Waals surface area contributed by atoms with Gasteiger partial charge in [0.1, 0.15) is 5.69 Å². The Balaban J connectivity index is 1.44. The summed E-state index contributed by atoms with van der Waals surface area (Å²) in [6.07, 6.45) is 10.8. The second-order valence-corrected chi connectivity index (χ2v) is 9.06. The van der Waals surface area contributed by atoms with Crippen molar-refractivity contribution in [1.29, 1.82) is 0 Å². The van der Waals surface area contributed by atoms with Crippen LogP contribution >= 0.6 is 11.8 Å². The quantitative estimate of drug-likeness (QED) is 0.893. The highest BCUT2D eigenvalue weighted by atomic mass is 32.2. The van der Waals surface area contributed by atoms with Crippen LogP contribution in [0.5, 0.6) is 0 Å². The van der Waals surface area contributed by atoms with E-state index in [-0.39, 0.29) is 5.91 Å². The standard InChI is InChI=1S/C18H28N4OS/c23-17(16-6-10-22(20-16)15-5-4-9-19-13-15)21-11-12-24-18(14-21)7-2-1-3-8-18/h6,10,15,19H,1-5,7-9,11-14H2. The van der Waals surface area contributed by atoms with Crippen LogP contribution in [0.1, 0.15) is 61.5 Å². The van der Waals surface area contributed by atoms with Crippen molar-refractivity contribution in [3.05, 3.63) is 18.0 Å². The number of piperidine rings is 1. The number of carbonyl (C=O) groups excluding carboxylic acids is 1. The Bertz CT molecular complexity index is 570. The van der Waals surface area contributed by atoms with Crippen molar-refractivity contribution in [3.63, 3.8) is 0 Å². The summed E-state index contributed by atoms with van der Waals surface area (Å²) in [7, 11) is 0. The zero-order valence-corrected chi connectivity index (χ0v) is 15.2. The summed E-state index contributed by atoms with van der Waals surface area (Å²) >= 11 is 2.10. The maximum absolute atomic E-state index is 12.9. The van der Waals surface area contributed by atoms with Gasteiger partial charge in [-0.05, 0) is 38.3 Å². The molecule has 132 valence electrons. The van der Waals surface area contributed by atoms with Crippen molar-refractivity contribution in [3.8, 4) is 0 Å². The fourth-order valence-electron chi connectivity index (χ4n) is 4.39. The molecule has 6 heteroatoms. The lowest BCUT2D eigenvalue weighted by molar-refractivity contribution is 0.0722. The predicted molar refractivity (Wildman–Crippen MR) is 97.5 cm³/mol. The van der Waals surface area contributed by atoms with E-state index in [1.807, 2.05) is 16.9 Å². The molecule has 1 unspecified atom stereocenters. The smallest absolute Gasteiger partial charge is 0.274 e. The Kier molecular flexibility index (Phi) is 4.86. The van der Waals surface area contributed by atoms with Gasteiger partial charge in [-0.1, -0.05) is 19.3 Å². The molecule has 1 aromatic rings. The van der Waals surface area contributed by atoms with Crippen LogP contribution in [0.3, 0.4) is 0 Å². The molecule has 1 atom stereocenters. The third-order valence-electron chi connectivity index (χ3n) is 5.77. The monoisotopic (exact) mass is 348 g/mol. The first-order valence-electron chi connectivity index (χ1n) is 9.45. The minimum Gasteiger partial charge on any atom is -0.335 e. The lowest BCUT2D eigenvalue weighted by Gasteiger charge is -2.44. The summed E-state index contributed by atoms with van der Waals surface area (Å²) in [5.74, 6) is 1.20. The number of carbonyl (C=O) groups is 1. The first-order valence-corrected chi connectivity index (χ1v) is 10.4. The molecule has 4 rings (SSSR count). The Hall–Kier alpha value is -1.01. The van der Waals surface area contributed by atoms with Gasteiger partial charge >= 0.3 is 0 Å². The molecule has 1 aromatic heterocycles. The van der Waals surface area contributed by atoms with Crippen molar-refractivity contribution in [2.75, 3.05) is 31.9 Å². The number of thioether (sulfide) groups is 1. The molecule has 1 aliphatic carbocycles. The first-order chi connectivity index (χ1) is 11.8. The number of amides is 1. The highest BCUT2D eigenvalue weighted by Gasteiger charge is 2.39. The van der Waals surface area contributed by atoms with Crippen molar-refractivity contribution in [1.82, 2.24) is 20.0 Å². The molecule has 2 saturated heterocycles. The third-order valence-corrected chi connectivity index (χ3v) is 7.31. The Labute approximate surface area is 148 Å². The number of rotatable bonds is 2. The maximum Gasteiger partial charge on any atom is 0.274 e. The fraction of sp³-hybridized carbons (Fsp3) is 0.778. The van der Waals surface area contributed by atoms with Gasteiger partial charge in [0.15, 0.2) is 0 Å². The van der Waals surface area contributed by atoms with E-state index in [1.54, 1.807) is 0 Å². The third kappa shape index (κ3) is 3.36. The second-order valence-electron chi connectivity index (χ2n) is 7.50. The Morgan fingerprint density at radius 3 is 2.96 bits per heavy atom. The van der Waals surface area contributed by atoms with Crippen molar-refractivity contribution in [2.45, 2.75) is 55.7 Å². The molecule has 2 aliphatic heterocycles. The van der Waals surface area contributed by atoms with Gasteiger partial charge in [0.05, 0.1) is 6.04 Å². The normalized spacial score (nSPS) is 27.3. The topological polar surface area (TPSA) is 50.2 Å². The first kappa shape index (κ1) is 16.5. The lowest BCUT2D eigenvalue weighted by Crippen LogP contribution is -2.50. The van der Waals surface area contributed by atoms with Crippen LogP contribution in [-0.4, -0.2) is 57.3 Å². The van der Waals surface area contributed by atoms with Crippen molar-refractivity contribution >= 4 is 17.7 Å². The van der Waals surface area contributed by atoms with Crippen LogP contribution in [0, 0.1) is 0 Å². The number of aromatic nitrogens is 2. The molecule has 0 bridgehead atoms. The summed E-state index contributed by atoms with van der Waals surface area (Å²) in [6.45, 7) is 3.83. The average molecular weight is 349 g/mol. The SMILES string of the molecule is O=C(c1ccn(C2CCCNC2)n1)N1CCSC2(CCCCC2)C1. The van der Waals surface area contributed by atoms with Crippen LogP contribution in [-0.2, 0) is 0 Å². The molecule has 1 amide bonds. The van der Waals surface area contributed by atoms with Gasteiger partial charge in [-0.3, -0.25) is 9.48 Å². The summed E-state index contributed by atoms with van der Waals surface area (Å²) in [6, 6.07) is 2.30. The second kappa shape index (κ2) is 7.08. The summed E-state index contributed by atoms with van der Waals surface area (Å²) < 4.78 is 2.32. The molecule has 24 heavy (non-hydrogen) atoms. The maximum atomic E-state index is 12.9. The minimum absolute atomic E-state index is 0.128. The highest BCUT2D eigenvalue weighted by molar-refractivity contribution is 8.00. The Morgan fingerprint density at radius 1 is 1.29 bits per heavy atom. The van der Waals surface area contributed by atoms with Crippen LogP contribution < -0.4 is 5.32 Å². The van der Waals surface area contributed by atoms with Gasteiger partial charge < -0.3 is 10.2 Å².